The summed E-state index contributed by atoms with van der Waals surface area (Å²) >= 11 is 6.09. The molecule has 3 unspecified atom stereocenters. The van der Waals surface area contributed by atoms with Gasteiger partial charge in [-0.1, -0.05) is 30.7 Å². The van der Waals surface area contributed by atoms with Crippen molar-refractivity contribution in [3.63, 3.8) is 0 Å². The summed E-state index contributed by atoms with van der Waals surface area (Å²) in [4.78, 5) is 0. The maximum Gasteiger partial charge on any atom is 0.0943 e. The molecule has 0 radical (unpaired) electrons. The molecule has 1 fully saturated rings. The number of aliphatic hydroxyl groups is 1. The third-order valence-electron chi connectivity index (χ3n) is 3.62. The molecule has 1 aromatic carbocycles. The molecule has 2 nitrogen and oxygen atoms in total. The van der Waals surface area contributed by atoms with Gasteiger partial charge in [-0.15, -0.1) is 0 Å². The summed E-state index contributed by atoms with van der Waals surface area (Å²) in [6.07, 6.45) is 1.75. The van der Waals surface area contributed by atoms with E-state index in [2.05, 4.69) is 12.2 Å². The molecule has 1 heterocycles. The van der Waals surface area contributed by atoms with E-state index in [4.69, 9.17) is 11.6 Å². The number of piperidine rings is 1. The summed E-state index contributed by atoms with van der Waals surface area (Å²) in [5.41, 5.74) is 1.96. The highest BCUT2D eigenvalue weighted by molar-refractivity contribution is 6.31. The quantitative estimate of drug-likeness (QED) is 0.849. The van der Waals surface area contributed by atoms with Crippen LogP contribution in [0.4, 0.5) is 0 Å². The Balaban J connectivity index is 2.12. The molecule has 1 aromatic rings. The molecule has 1 aliphatic heterocycles. The molecule has 3 heteroatoms. The molecule has 2 N–H and O–H groups in total. The Labute approximate surface area is 108 Å². The first kappa shape index (κ1) is 12.9. The molecule has 17 heavy (non-hydrogen) atoms. The average Bonchev–Trinajstić information content (AvgIpc) is 2.32. The smallest absolute Gasteiger partial charge is 0.0943 e. The van der Waals surface area contributed by atoms with Gasteiger partial charge in [0.1, 0.15) is 0 Å². The van der Waals surface area contributed by atoms with Crippen LogP contribution in [0.15, 0.2) is 18.2 Å². The van der Waals surface area contributed by atoms with Crippen LogP contribution in [0, 0.1) is 12.8 Å². The Bertz CT molecular complexity index is 394. The van der Waals surface area contributed by atoms with E-state index in [1.807, 2.05) is 25.1 Å². The second kappa shape index (κ2) is 5.38. The minimum atomic E-state index is -0.462. The van der Waals surface area contributed by atoms with Gasteiger partial charge in [0.15, 0.2) is 0 Å². The second-order valence-electron chi connectivity index (χ2n) is 5.14. The summed E-state index contributed by atoms with van der Waals surface area (Å²) in [5, 5.41) is 14.5. The molecule has 0 bridgehead atoms. The third-order valence-corrected chi connectivity index (χ3v) is 4.03. The van der Waals surface area contributed by atoms with Gasteiger partial charge in [-0.3, -0.25) is 0 Å². The molecule has 0 saturated carbocycles. The number of aliphatic hydroxyl groups excluding tert-OH is 1. The first-order chi connectivity index (χ1) is 8.08. The SMILES string of the molecule is Cc1ccc(C(O)C2CC(C)CCN2)cc1Cl. The number of benzene rings is 1. The monoisotopic (exact) mass is 253 g/mol. The Hall–Kier alpha value is -0.570. The molecular weight excluding hydrogens is 234 g/mol. The molecule has 0 amide bonds. The van der Waals surface area contributed by atoms with Gasteiger partial charge in [-0.05, 0) is 49.4 Å². The van der Waals surface area contributed by atoms with Crippen LogP contribution in [-0.4, -0.2) is 17.7 Å². The lowest BCUT2D eigenvalue weighted by Crippen LogP contribution is -2.41. The zero-order valence-electron chi connectivity index (χ0n) is 10.4. The molecule has 1 saturated heterocycles. The Morgan fingerprint density at radius 1 is 1.47 bits per heavy atom. The number of rotatable bonds is 2. The van der Waals surface area contributed by atoms with Crippen LogP contribution in [0.25, 0.3) is 0 Å². The summed E-state index contributed by atoms with van der Waals surface area (Å²) < 4.78 is 0. The largest absolute Gasteiger partial charge is 0.387 e. The van der Waals surface area contributed by atoms with Crippen LogP contribution in [0.1, 0.15) is 37.0 Å². The van der Waals surface area contributed by atoms with Gasteiger partial charge in [0.25, 0.3) is 0 Å². The van der Waals surface area contributed by atoms with Crippen molar-refractivity contribution in [2.45, 2.75) is 38.8 Å². The van der Waals surface area contributed by atoms with Crippen LogP contribution in [0.5, 0.6) is 0 Å². The minimum Gasteiger partial charge on any atom is -0.387 e. The summed E-state index contributed by atoms with van der Waals surface area (Å²) in [7, 11) is 0. The summed E-state index contributed by atoms with van der Waals surface area (Å²) in [6, 6.07) is 5.96. The predicted octanol–water partition coefficient (Wildman–Crippen LogP) is 3.07. The Morgan fingerprint density at radius 2 is 2.24 bits per heavy atom. The van der Waals surface area contributed by atoms with Crippen LogP contribution in [0.3, 0.4) is 0 Å². The highest BCUT2D eigenvalue weighted by Gasteiger charge is 2.26. The molecule has 94 valence electrons. The minimum absolute atomic E-state index is 0.150. The molecule has 1 aliphatic rings. The van der Waals surface area contributed by atoms with E-state index in [-0.39, 0.29) is 6.04 Å². The molecule has 0 spiro atoms. The van der Waals surface area contributed by atoms with Crippen molar-refractivity contribution in [3.8, 4) is 0 Å². The number of hydrogen-bond donors (Lipinski definition) is 2. The van der Waals surface area contributed by atoms with Gasteiger partial charge in [-0.25, -0.2) is 0 Å². The van der Waals surface area contributed by atoms with Crippen LogP contribution in [0.2, 0.25) is 5.02 Å². The Morgan fingerprint density at radius 3 is 2.88 bits per heavy atom. The molecule has 3 atom stereocenters. The second-order valence-corrected chi connectivity index (χ2v) is 5.55. The lowest BCUT2D eigenvalue weighted by atomic mass is 9.88. The van der Waals surface area contributed by atoms with Gasteiger partial charge >= 0.3 is 0 Å². The maximum absolute atomic E-state index is 10.4. The van der Waals surface area contributed by atoms with Crippen molar-refractivity contribution in [1.82, 2.24) is 5.32 Å². The fraction of sp³-hybridized carbons (Fsp3) is 0.571. The topological polar surface area (TPSA) is 32.3 Å². The third kappa shape index (κ3) is 3.01. The van der Waals surface area contributed by atoms with E-state index >= 15 is 0 Å². The zero-order chi connectivity index (χ0) is 12.4. The lowest BCUT2D eigenvalue weighted by Gasteiger charge is -2.32. The van der Waals surface area contributed by atoms with Crippen molar-refractivity contribution in [2.75, 3.05) is 6.54 Å². The van der Waals surface area contributed by atoms with E-state index in [0.29, 0.717) is 5.92 Å². The van der Waals surface area contributed by atoms with Gasteiger partial charge in [0, 0.05) is 11.1 Å². The standard InChI is InChI=1S/C14H20ClNO/c1-9-5-6-16-13(7-9)14(17)11-4-3-10(2)12(15)8-11/h3-4,8-9,13-14,16-17H,5-7H2,1-2H3. The van der Waals surface area contributed by atoms with E-state index in [1.54, 1.807) is 0 Å². The number of hydrogen-bond acceptors (Lipinski definition) is 2. The average molecular weight is 254 g/mol. The number of nitrogens with one attached hydrogen (secondary N) is 1. The van der Waals surface area contributed by atoms with Crippen LogP contribution >= 0.6 is 11.6 Å². The normalized spacial score (nSPS) is 26.8. The summed E-state index contributed by atoms with van der Waals surface area (Å²) in [6.45, 7) is 5.20. The van der Waals surface area contributed by atoms with Crippen molar-refractivity contribution in [2.24, 2.45) is 5.92 Å². The maximum atomic E-state index is 10.4. The van der Waals surface area contributed by atoms with E-state index in [1.165, 1.54) is 6.42 Å². The molecular formula is C14H20ClNO. The lowest BCUT2D eigenvalue weighted by molar-refractivity contribution is 0.101. The highest BCUT2D eigenvalue weighted by Crippen LogP contribution is 2.28. The Kier molecular flexibility index (Phi) is 4.08. The van der Waals surface area contributed by atoms with E-state index in [9.17, 15) is 5.11 Å². The zero-order valence-corrected chi connectivity index (χ0v) is 11.2. The van der Waals surface area contributed by atoms with Crippen molar-refractivity contribution < 1.29 is 5.11 Å². The van der Waals surface area contributed by atoms with Crippen LogP contribution < -0.4 is 5.32 Å². The van der Waals surface area contributed by atoms with Crippen molar-refractivity contribution in [1.29, 1.82) is 0 Å². The van der Waals surface area contributed by atoms with Gasteiger partial charge in [-0.2, -0.15) is 0 Å². The van der Waals surface area contributed by atoms with Crippen LogP contribution in [-0.2, 0) is 0 Å². The molecule has 0 aliphatic carbocycles. The fourth-order valence-corrected chi connectivity index (χ4v) is 2.60. The van der Waals surface area contributed by atoms with Gasteiger partial charge in [0.05, 0.1) is 6.10 Å². The van der Waals surface area contributed by atoms with Crippen molar-refractivity contribution >= 4 is 11.6 Å². The first-order valence-corrected chi connectivity index (χ1v) is 6.63. The van der Waals surface area contributed by atoms with Gasteiger partial charge in [0.2, 0.25) is 0 Å². The van der Waals surface area contributed by atoms with E-state index in [0.717, 1.165) is 29.1 Å². The summed E-state index contributed by atoms with van der Waals surface area (Å²) in [5.74, 6) is 0.678. The predicted molar refractivity (Wildman–Crippen MR) is 71.3 cm³/mol. The van der Waals surface area contributed by atoms with Gasteiger partial charge < -0.3 is 10.4 Å². The number of halogens is 1. The first-order valence-electron chi connectivity index (χ1n) is 6.25. The van der Waals surface area contributed by atoms with Crippen molar-refractivity contribution in [3.05, 3.63) is 34.3 Å². The fourth-order valence-electron chi connectivity index (χ4n) is 2.42. The molecule has 2 rings (SSSR count). The van der Waals surface area contributed by atoms with E-state index < -0.39 is 6.10 Å². The highest BCUT2D eigenvalue weighted by atomic mass is 35.5. The molecule has 0 aromatic heterocycles. The number of aryl methyl sites for hydroxylation is 1.